The van der Waals surface area contributed by atoms with Gasteiger partial charge in [-0.2, -0.15) is 0 Å². The lowest BCUT2D eigenvalue weighted by Crippen LogP contribution is -2.41. The van der Waals surface area contributed by atoms with E-state index in [-0.39, 0.29) is 5.91 Å². The molecule has 0 bridgehead atoms. The minimum Gasteiger partial charge on any atom is -0.493 e. The van der Waals surface area contributed by atoms with Crippen LogP contribution in [-0.2, 0) is 9.53 Å². The Labute approximate surface area is 220 Å². The zero-order chi connectivity index (χ0) is 26.8. The van der Waals surface area contributed by atoms with Crippen LogP contribution in [0.1, 0.15) is 50.4 Å². The molecular weight excluding hydrogens is 471 g/mol. The number of methoxy groups -OCH3 is 1. The summed E-state index contributed by atoms with van der Waals surface area (Å²) >= 11 is 0. The maximum atomic E-state index is 13.8. The van der Waals surface area contributed by atoms with Gasteiger partial charge in [0.15, 0.2) is 0 Å². The van der Waals surface area contributed by atoms with E-state index in [1.807, 2.05) is 41.3 Å². The maximum Gasteiger partial charge on any atom is 0.292 e. The molecule has 0 radical (unpaired) electrons. The summed E-state index contributed by atoms with van der Waals surface area (Å²) < 4.78 is 23.8. The van der Waals surface area contributed by atoms with Crippen molar-refractivity contribution < 1.29 is 23.5 Å². The van der Waals surface area contributed by atoms with Crippen molar-refractivity contribution in [3.63, 3.8) is 0 Å². The summed E-state index contributed by atoms with van der Waals surface area (Å²) in [4.78, 5) is 25.8. The van der Waals surface area contributed by atoms with Crippen molar-refractivity contribution in [3.8, 4) is 16.9 Å². The maximum absolute atomic E-state index is 13.8. The van der Waals surface area contributed by atoms with E-state index in [1.54, 1.807) is 13.8 Å². The number of carbonyl (C=O) groups is 2. The number of halogens is 1. The molecule has 0 spiro atoms. The van der Waals surface area contributed by atoms with Gasteiger partial charge in [0.2, 0.25) is 0 Å². The number of amides is 1. The van der Waals surface area contributed by atoms with Crippen LogP contribution in [0.4, 0.5) is 4.39 Å². The van der Waals surface area contributed by atoms with Crippen molar-refractivity contribution >= 4 is 12.4 Å². The molecule has 2 aromatic carbocycles. The molecular formula is C30H41FN2O4. The van der Waals surface area contributed by atoms with Crippen molar-refractivity contribution in [2.45, 2.75) is 45.7 Å². The number of hydrogen-bond acceptors (Lipinski definition) is 5. The molecule has 0 saturated carbocycles. The number of rotatable bonds is 8. The van der Waals surface area contributed by atoms with Gasteiger partial charge in [-0.1, -0.05) is 31.2 Å². The van der Waals surface area contributed by atoms with Crippen LogP contribution in [0.5, 0.6) is 5.75 Å². The Morgan fingerprint density at radius 1 is 1.00 bits per heavy atom. The molecule has 2 aliphatic rings. The van der Waals surface area contributed by atoms with Gasteiger partial charge in [-0.05, 0) is 93.4 Å². The van der Waals surface area contributed by atoms with Crippen LogP contribution in [0.2, 0.25) is 0 Å². The van der Waals surface area contributed by atoms with E-state index in [0.29, 0.717) is 31.5 Å². The molecule has 2 saturated heterocycles. The fourth-order valence-electron chi connectivity index (χ4n) is 4.91. The second-order valence-electron chi connectivity index (χ2n) is 10.8. The average molecular weight is 513 g/mol. The van der Waals surface area contributed by atoms with Crippen molar-refractivity contribution in [2.24, 2.45) is 11.8 Å². The van der Waals surface area contributed by atoms with Gasteiger partial charge >= 0.3 is 0 Å². The van der Waals surface area contributed by atoms with Crippen molar-refractivity contribution in [3.05, 3.63) is 54.1 Å². The zero-order valence-electron chi connectivity index (χ0n) is 22.6. The van der Waals surface area contributed by atoms with E-state index in [0.717, 1.165) is 67.9 Å². The first-order valence-electron chi connectivity index (χ1n) is 13.2. The standard InChI is InChI=1S/C28H37FN2O2.C2H4O2/c1-21-12-17-31(18-21)27(32)25-6-4-23(5-7-25)24-8-10-26(11-9-24)33-19-22-13-15-30(16-14-22)20-28(2,3)29;1-4-2-3/h4-11,21-22H,12-20H2,1-3H3;2H,1H3. The van der Waals surface area contributed by atoms with Gasteiger partial charge in [-0.25, -0.2) is 4.39 Å². The number of nitrogens with zero attached hydrogens (tertiary/aromatic N) is 2. The number of carbonyl (C=O) groups excluding carboxylic acids is 2. The topological polar surface area (TPSA) is 59.1 Å². The van der Waals surface area contributed by atoms with E-state index < -0.39 is 5.67 Å². The van der Waals surface area contributed by atoms with Gasteiger partial charge < -0.3 is 19.3 Å². The van der Waals surface area contributed by atoms with Crippen LogP contribution < -0.4 is 4.74 Å². The van der Waals surface area contributed by atoms with E-state index in [4.69, 9.17) is 9.53 Å². The second-order valence-corrected chi connectivity index (χ2v) is 10.8. The number of ether oxygens (including phenoxy) is 2. The summed E-state index contributed by atoms with van der Waals surface area (Å²) in [6.45, 7) is 10.7. The van der Waals surface area contributed by atoms with E-state index in [1.165, 1.54) is 7.11 Å². The van der Waals surface area contributed by atoms with Crippen LogP contribution in [0.25, 0.3) is 11.1 Å². The molecule has 7 heteroatoms. The molecule has 6 nitrogen and oxygen atoms in total. The fourth-order valence-corrected chi connectivity index (χ4v) is 4.91. The Morgan fingerprint density at radius 3 is 2.05 bits per heavy atom. The second kappa shape index (κ2) is 13.6. The van der Waals surface area contributed by atoms with Crippen molar-refractivity contribution in [1.29, 1.82) is 0 Å². The Bertz CT molecular complexity index is 980. The van der Waals surface area contributed by atoms with Gasteiger partial charge in [0.25, 0.3) is 12.4 Å². The SMILES string of the molecule is CC1CCN(C(=O)c2ccc(-c3ccc(OCC4CCN(CC(C)(C)F)CC4)cc3)cc2)C1.COC=O. The Morgan fingerprint density at radius 2 is 1.57 bits per heavy atom. The summed E-state index contributed by atoms with van der Waals surface area (Å²) in [6, 6.07) is 16.1. The van der Waals surface area contributed by atoms with Crippen molar-refractivity contribution in [1.82, 2.24) is 9.80 Å². The quantitative estimate of drug-likeness (QED) is 0.440. The molecule has 202 valence electrons. The van der Waals surface area contributed by atoms with E-state index in [2.05, 4.69) is 28.7 Å². The molecule has 2 aliphatic heterocycles. The lowest BCUT2D eigenvalue weighted by molar-refractivity contribution is -0.126. The number of hydrogen-bond donors (Lipinski definition) is 0. The first kappa shape index (κ1) is 28.6. The summed E-state index contributed by atoms with van der Waals surface area (Å²) in [6.07, 6.45) is 3.19. The average Bonchev–Trinajstić information content (AvgIpc) is 3.34. The summed E-state index contributed by atoms with van der Waals surface area (Å²) in [5.41, 5.74) is 1.83. The molecule has 1 atom stereocenters. The first-order chi connectivity index (χ1) is 17.7. The summed E-state index contributed by atoms with van der Waals surface area (Å²) in [5, 5.41) is 0. The number of benzene rings is 2. The number of likely N-dealkylation sites (tertiary alicyclic amines) is 2. The predicted molar refractivity (Wildman–Crippen MR) is 144 cm³/mol. The van der Waals surface area contributed by atoms with Gasteiger partial charge in [0, 0.05) is 25.2 Å². The van der Waals surface area contributed by atoms with Gasteiger partial charge in [-0.15, -0.1) is 0 Å². The van der Waals surface area contributed by atoms with Crippen LogP contribution in [0.15, 0.2) is 48.5 Å². The normalized spacial score (nSPS) is 18.6. The molecule has 2 heterocycles. The summed E-state index contributed by atoms with van der Waals surface area (Å²) in [5.74, 6) is 2.12. The summed E-state index contributed by atoms with van der Waals surface area (Å²) in [7, 11) is 1.31. The Hall–Kier alpha value is -2.93. The first-order valence-corrected chi connectivity index (χ1v) is 13.2. The van der Waals surface area contributed by atoms with Crippen LogP contribution in [0, 0.1) is 11.8 Å². The molecule has 0 aromatic heterocycles. The predicted octanol–water partition coefficient (Wildman–Crippen LogP) is 5.46. The lowest BCUT2D eigenvalue weighted by atomic mass is 9.97. The monoisotopic (exact) mass is 512 g/mol. The van der Waals surface area contributed by atoms with Gasteiger partial charge in [0.05, 0.1) is 13.7 Å². The third kappa shape index (κ3) is 9.15. The largest absolute Gasteiger partial charge is 0.493 e. The minimum atomic E-state index is -1.13. The van der Waals surface area contributed by atoms with Gasteiger partial charge in [0.1, 0.15) is 11.4 Å². The highest BCUT2D eigenvalue weighted by Gasteiger charge is 2.26. The van der Waals surface area contributed by atoms with Crippen LogP contribution in [0.3, 0.4) is 0 Å². The molecule has 2 fully saturated rings. The fraction of sp³-hybridized carbons (Fsp3) is 0.533. The molecule has 1 unspecified atom stereocenters. The molecule has 0 N–H and O–H groups in total. The van der Waals surface area contributed by atoms with E-state index >= 15 is 0 Å². The molecule has 2 aromatic rings. The number of alkyl halides is 1. The molecule has 0 aliphatic carbocycles. The highest BCUT2D eigenvalue weighted by molar-refractivity contribution is 5.94. The molecule has 4 rings (SSSR count). The molecule has 1 amide bonds. The van der Waals surface area contributed by atoms with Crippen molar-refractivity contribution in [2.75, 3.05) is 46.4 Å². The highest BCUT2D eigenvalue weighted by atomic mass is 19.1. The number of piperidine rings is 1. The van der Waals surface area contributed by atoms with Crippen LogP contribution >= 0.6 is 0 Å². The van der Waals surface area contributed by atoms with Crippen LogP contribution in [-0.4, -0.2) is 74.3 Å². The third-order valence-electron chi connectivity index (χ3n) is 6.92. The Balaban J connectivity index is 0.000000886. The smallest absolute Gasteiger partial charge is 0.292 e. The lowest BCUT2D eigenvalue weighted by Gasteiger charge is -2.34. The zero-order valence-corrected chi connectivity index (χ0v) is 22.6. The van der Waals surface area contributed by atoms with Gasteiger partial charge in [-0.3, -0.25) is 9.59 Å². The third-order valence-corrected chi connectivity index (χ3v) is 6.92. The Kier molecular flexibility index (Phi) is 10.5. The minimum absolute atomic E-state index is 0.133. The molecule has 37 heavy (non-hydrogen) atoms. The van der Waals surface area contributed by atoms with E-state index in [9.17, 15) is 9.18 Å². The highest BCUT2D eigenvalue weighted by Crippen LogP contribution is 2.26.